The van der Waals surface area contributed by atoms with Crippen LogP contribution in [0.2, 0.25) is 0 Å². The molecule has 0 aromatic carbocycles. The summed E-state index contributed by atoms with van der Waals surface area (Å²) in [4.78, 5) is 26.7. The Morgan fingerprint density at radius 1 is 1.61 bits per heavy atom. The summed E-state index contributed by atoms with van der Waals surface area (Å²) in [6.45, 7) is -0.0228. The first kappa shape index (κ1) is 12.6. The van der Waals surface area contributed by atoms with E-state index in [1.54, 1.807) is 0 Å². The highest BCUT2D eigenvalue weighted by Gasteiger charge is 2.40. The Balaban J connectivity index is 2.04. The van der Waals surface area contributed by atoms with E-state index in [1.165, 1.54) is 4.90 Å². The van der Waals surface area contributed by atoms with Gasteiger partial charge in [-0.05, 0) is 5.53 Å². The van der Waals surface area contributed by atoms with E-state index in [-0.39, 0.29) is 25.5 Å². The molecule has 0 unspecified atom stereocenters. The Hall–Kier alpha value is -1.83. The van der Waals surface area contributed by atoms with Crippen molar-refractivity contribution in [3.63, 3.8) is 0 Å². The number of amides is 3. The van der Waals surface area contributed by atoms with Crippen LogP contribution in [0.1, 0.15) is 12.8 Å². The molecule has 2 fully saturated rings. The lowest BCUT2D eigenvalue weighted by Gasteiger charge is -2.31. The van der Waals surface area contributed by atoms with E-state index in [2.05, 4.69) is 15.3 Å². The highest BCUT2D eigenvalue weighted by atomic mass is 16.5. The first-order valence-corrected chi connectivity index (χ1v) is 5.56. The van der Waals surface area contributed by atoms with Crippen molar-refractivity contribution in [1.29, 1.82) is 0 Å². The minimum absolute atomic E-state index is 0.210. The van der Waals surface area contributed by atoms with Crippen LogP contribution in [0.4, 0.5) is 4.79 Å². The summed E-state index contributed by atoms with van der Waals surface area (Å²) in [5.41, 5.74) is 8.41. The van der Waals surface area contributed by atoms with Crippen LogP contribution < -0.4 is 5.32 Å². The van der Waals surface area contributed by atoms with Gasteiger partial charge < -0.3 is 9.84 Å². The number of nitrogens with zero attached hydrogens (tertiary/aromatic N) is 4. The fourth-order valence-corrected chi connectivity index (χ4v) is 2.11. The van der Waals surface area contributed by atoms with Crippen LogP contribution in [0.25, 0.3) is 10.4 Å². The Morgan fingerprint density at radius 3 is 3.00 bits per heavy atom. The van der Waals surface area contributed by atoms with E-state index in [0.717, 1.165) is 0 Å². The molecule has 0 aromatic rings. The quantitative estimate of drug-likeness (QED) is 0.408. The second kappa shape index (κ2) is 5.21. The van der Waals surface area contributed by atoms with Gasteiger partial charge in [-0.1, -0.05) is 5.11 Å². The fourth-order valence-electron chi connectivity index (χ4n) is 2.11. The third-order valence-corrected chi connectivity index (χ3v) is 3.02. The minimum atomic E-state index is -0.615. The second-order valence-electron chi connectivity index (χ2n) is 4.12. The van der Waals surface area contributed by atoms with Crippen LogP contribution >= 0.6 is 0 Å². The number of aliphatic hydroxyl groups excluding tert-OH is 1. The highest BCUT2D eigenvalue weighted by Crippen LogP contribution is 2.26. The van der Waals surface area contributed by atoms with Crippen LogP contribution in [-0.4, -0.2) is 53.5 Å². The summed E-state index contributed by atoms with van der Waals surface area (Å²) < 4.78 is 5.46. The molecule has 9 heteroatoms. The number of aliphatic hydroxyl groups is 1. The maximum atomic E-state index is 11.6. The molecule has 0 aromatic heterocycles. The van der Waals surface area contributed by atoms with Gasteiger partial charge in [0.2, 0.25) is 5.91 Å². The molecule has 2 N–H and O–H groups in total. The van der Waals surface area contributed by atoms with E-state index >= 15 is 0 Å². The topological polar surface area (TPSA) is 128 Å². The van der Waals surface area contributed by atoms with E-state index in [4.69, 9.17) is 15.4 Å². The standard InChI is InChI=1S/C9H13N5O4/c10-13-12-5-3-8(18-6(5)4-15)14-2-1-7(16)11-9(14)17/h5-6,8,15H,1-4H2,(H,11,16,17)/t5-,6+,8+/m0/s1. The Morgan fingerprint density at radius 2 is 2.39 bits per heavy atom. The van der Waals surface area contributed by atoms with E-state index in [1.807, 2.05) is 0 Å². The van der Waals surface area contributed by atoms with Crippen LogP contribution in [0.5, 0.6) is 0 Å². The molecule has 2 heterocycles. The molecule has 0 spiro atoms. The lowest BCUT2D eigenvalue weighted by Crippen LogP contribution is -2.53. The van der Waals surface area contributed by atoms with Crippen LogP contribution in [0, 0.1) is 0 Å². The van der Waals surface area contributed by atoms with Gasteiger partial charge in [0.15, 0.2) is 0 Å². The monoisotopic (exact) mass is 255 g/mol. The molecule has 0 saturated carbocycles. The third kappa shape index (κ3) is 2.37. The van der Waals surface area contributed by atoms with Crippen molar-refractivity contribution < 1.29 is 19.4 Å². The lowest BCUT2D eigenvalue weighted by molar-refractivity contribution is -0.123. The summed E-state index contributed by atoms with van der Waals surface area (Å²) >= 11 is 0. The number of imide groups is 1. The minimum Gasteiger partial charge on any atom is -0.394 e. The maximum absolute atomic E-state index is 11.6. The van der Waals surface area contributed by atoms with Crippen molar-refractivity contribution in [3.8, 4) is 0 Å². The van der Waals surface area contributed by atoms with Gasteiger partial charge >= 0.3 is 6.03 Å². The van der Waals surface area contributed by atoms with Gasteiger partial charge in [-0.2, -0.15) is 0 Å². The Bertz CT molecular complexity index is 408. The molecule has 0 aliphatic carbocycles. The predicted molar refractivity (Wildman–Crippen MR) is 58.2 cm³/mol. The maximum Gasteiger partial charge on any atom is 0.326 e. The number of ether oxygens (including phenoxy) is 1. The SMILES string of the molecule is [N-]=[N+]=N[C@H]1C[C@H](N2CCC(=O)NC2=O)O[C@@H]1CO. The Kier molecular flexibility index (Phi) is 3.66. The first-order chi connectivity index (χ1) is 8.65. The van der Waals surface area contributed by atoms with Crippen molar-refractivity contribution in [2.75, 3.05) is 13.2 Å². The van der Waals surface area contributed by atoms with E-state index in [9.17, 15) is 9.59 Å². The van der Waals surface area contributed by atoms with Gasteiger partial charge in [0.05, 0.1) is 18.8 Å². The first-order valence-electron chi connectivity index (χ1n) is 5.56. The van der Waals surface area contributed by atoms with Crippen LogP contribution in [0.15, 0.2) is 5.11 Å². The molecule has 9 nitrogen and oxygen atoms in total. The number of carbonyl (C=O) groups is 2. The summed E-state index contributed by atoms with van der Waals surface area (Å²) in [5.74, 6) is -0.320. The molecule has 18 heavy (non-hydrogen) atoms. The van der Waals surface area contributed by atoms with Crippen molar-refractivity contribution in [1.82, 2.24) is 10.2 Å². The molecule has 0 bridgehead atoms. The number of hydrogen-bond donors (Lipinski definition) is 2. The third-order valence-electron chi connectivity index (χ3n) is 3.02. The highest BCUT2D eigenvalue weighted by molar-refractivity contribution is 5.96. The molecule has 3 amide bonds. The van der Waals surface area contributed by atoms with Crippen molar-refractivity contribution in [2.45, 2.75) is 31.2 Å². The zero-order valence-corrected chi connectivity index (χ0v) is 9.52. The number of hydrogen-bond acceptors (Lipinski definition) is 5. The number of nitrogens with one attached hydrogen (secondary N) is 1. The molecule has 0 radical (unpaired) electrons. The molecule has 2 aliphatic heterocycles. The largest absolute Gasteiger partial charge is 0.394 e. The molecule has 98 valence electrons. The normalized spacial score (nSPS) is 32.1. The number of urea groups is 1. The molecule has 2 aliphatic rings. The van der Waals surface area contributed by atoms with Gasteiger partial charge in [-0.25, -0.2) is 4.79 Å². The fraction of sp³-hybridized carbons (Fsp3) is 0.778. The second-order valence-corrected chi connectivity index (χ2v) is 4.12. The summed E-state index contributed by atoms with van der Waals surface area (Å²) in [6.07, 6.45) is -0.666. The molecule has 2 rings (SSSR count). The van der Waals surface area contributed by atoms with Crippen molar-refractivity contribution >= 4 is 11.9 Å². The zero-order valence-electron chi connectivity index (χ0n) is 9.52. The number of rotatable bonds is 3. The van der Waals surface area contributed by atoms with Crippen LogP contribution in [-0.2, 0) is 9.53 Å². The van der Waals surface area contributed by atoms with Crippen molar-refractivity contribution in [3.05, 3.63) is 10.4 Å². The molecular formula is C9H13N5O4. The van der Waals surface area contributed by atoms with Gasteiger partial charge in [0.1, 0.15) is 6.23 Å². The average molecular weight is 255 g/mol. The van der Waals surface area contributed by atoms with E-state index < -0.39 is 24.4 Å². The number of carbonyl (C=O) groups excluding carboxylic acids is 2. The molecule has 2 saturated heterocycles. The van der Waals surface area contributed by atoms with Crippen LogP contribution in [0.3, 0.4) is 0 Å². The predicted octanol–water partition coefficient (Wildman–Crippen LogP) is -0.285. The Labute approximate surface area is 102 Å². The lowest BCUT2D eigenvalue weighted by atomic mass is 10.1. The summed E-state index contributed by atoms with van der Waals surface area (Å²) in [6, 6.07) is -1.02. The molecule has 3 atom stereocenters. The van der Waals surface area contributed by atoms with E-state index in [0.29, 0.717) is 6.42 Å². The summed E-state index contributed by atoms with van der Waals surface area (Å²) in [7, 11) is 0. The molecular weight excluding hydrogens is 242 g/mol. The van der Waals surface area contributed by atoms with Gasteiger partial charge in [0.25, 0.3) is 0 Å². The number of azide groups is 1. The van der Waals surface area contributed by atoms with Gasteiger partial charge in [-0.15, -0.1) is 0 Å². The van der Waals surface area contributed by atoms with Crippen molar-refractivity contribution in [2.24, 2.45) is 5.11 Å². The average Bonchev–Trinajstić information content (AvgIpc) is 2.72. The van der Waals surface area contributed by atoms with Gasteiger partial charge in [0, 0.05) is 24.3 Å². The smallest absolute Gasteiger partial charge is 0.326 e. The summed E-state index contributed by atoms with van der Waals surface area (Å²) in [5, 5.41) is 14.8. The zero-order chi connectivity index (χ0) is 13.1. The van der Waals surface area contributed by atoms with Gasteiger partial charge in [-0.3, -0.25) is 15.0 Å².